The minimum absolute atomic E-state index is 0.0671. The highest BCUT2D eigenvalue weighted by molar-refractivity contribution is 7.89. The van der Waals surface area contributed by atoms with E-state index in [1.165, 1.54) is 6.07 Å². The second-order valence-corrected chi connectivity index (χ2v) is 6.76. The van der Waals surface area contributed by atoms with Crippen molar-refractivity contribution < 1.29 is 18.1 Å². The van der Waals surface area contributed by atoms with Crippen molar-refractivity contribution in [1.29, 1.82) is 0 Å². The monoisotopic (exact) mass is 316 g/mol. The third-order valence-electron chi connectivity index (χ3n) is 3.10. The maximum atomic E-state index is 11.1. The zero-order chi connectivity index (χ0) is 16.2. The van der Waals surface area contributed by atoms with Crippen molar-refractivity contribution >= 4 is 15.7 Å². The fourth-order valence-corrected chi connectivity index (χ4v) is 3.06. The van der Waals surface area contributed by atoms with Crippen LogP contribution in [-0.4, -0.2) is 25.7 Å². The molecule has 1 aromatic rings. The van der Waals surface area contributed by atoms with Gasteiger partial charge in [-0.1, -0.05) is 13.0 Å². The van der Waals surface area contributed by atoms with Crippen molar-refractivity contribution in [3.8, 4) is 5.75 Å². The van der Waals surface area contributed by atoms with E-state index in [9.17, 15) is 18.5 Å². The highest BCUT2D eigenvalue weighted by atomic mass is 32.2. The van der Waals surface area contributed by atoms with Crippen LogP contribution < -0.4 is 9.88 Å². The van der Waals surface area contributed by atoms with Gasteiger partial charge in [0, 0.05) is 12.0 Å². The first-order chi connectivity index (χ1) is 9.64. The van der Waals surface area contributed by atoms with Gasteiger partial charge in [-0.2, -0.15) is 0 Å². The Bertz CT molecular complexity index is 628. The molecule has 0 heterocycles. The number of aryl methyl sites for hydroxylation is 2. The number of benzene rings is 1. The molecule has 21 heavy (non-hydrogen) atoms. The Morgan fingerprint density at radius 1 is 1.38 bits per heavy atom. The zero-order valence-electron chi connectivity index (χ0n) is 12.3. The molecule has 1 atom stereocenters. The van der Waals surface area contributed by atoms with Gasteiger partial charge in [0.2, 0.25) is 10.0 Å². The maximum Gasteiger partial charge on any atom is 0.311 e. The number of nitro groups is 1. The number of nitrogens with zero attached hydrogens (tertiary/aromatic N) is 1. The first kappa shape index (κ1) is 17.4. The molecule has 1 unspecified atom stereocenters. The van der Waals surface area contributed by atoms with Gasteiger partial charge in [0.25, 0.3) is 0 Å². The average molecular weight is 316 g/mol. The van der Waals surface area contributed by atoms with Gasteiger partial charge < -0.3 is 4.74 Å². The first-order valence-corrected chi connectivity index (χ1v) is 8.24. The molecule has 0 radical (unpaired) electrons. The fraction of sp³-hybridized carbons (Fsp3) is 0.538. The fourth-order valence-electron chi connectivity index (χ4n) is 2.07. The lowest BCUT2D eigenvalue weighted by Gasteiger charge is -2.16. The standard InChI is InChI=1S/C13H20N2O5S/c1-4-11(8-21(14,18)19)7-20-13-10(3)5-9(2)6-12(13)15(16)17/h5-6,11H,4,7-8H2,1-3H3,(H2,14,18,19). The van der Waals surface area contributed by atoms with Crippen LogP contribution in [0.4, 0.5) is 5.69 Å². The molecular weight excluding hydrogens is 296 g/mol. The van der Waals surface area contributed by atoms with Gasteiger partial charge >= 0.3 is 5.69 Å². The summed E-state index contributed by atoms with van der Waals surface area (Å²) in [5.41, 5.74) is 1.30. The van der Waals surface area contributed by atoms with Gasteiger partial charge in [-0.25, -0.2) is 13.6 Å². The van der Waals surface area contributed by atoms with Crippen molar-refractivity contribution in [3.05, 3.63) is 33.4 Å². The second kappa shape index (κ2) is 6.86. The van der Waals surface area contributed by atoms with E-state index in [-0.39, 0.29) is 29.7 Å². The topological polar surface area (TPSA) is 113 Å². The molecule has 1 rings (SSSR count). The van der Waals surface area contributed by atoms with Crippen LogP contribution in [0, 0.1) is 29.9 Å². The smallest absolute Gasteiger partial charge is 0.311 e. The predicted molar refractivity (Wildman–Crippen MR) is 79.8 cm³/mol. The summed E-state index contributed by atoms with van der Waals surface area (Å²) in [6.07, 6.45) is 0.551. The summed E-state index contributed by atoms with van der Waals surface area (Å²) < 4.78 is 27.7. The molecule has 0 amide bonds. The van der Waals surface area contributed by atoms with Crippen molar-refractivity contribution in [2.24, 2.45) is 11.1 Å². The molecule has 0 saturated carbocycles. The Balaban J connectivity index is 2.95. The summed E-state index contributed by atoms with van der Waals surface area (Å²) in [5.74, 6) is -0.332. The Labute approximate surface area is 124 Å². The van der Waals surface area contributed by atoms with E-state index >= 15 is 0 Å². The molecule has 2 N–H and O–H groups in total. The lowest BCUT2D eigenvalue weighted by atomic mass is 10.1. The minimum Gasteiger partial charge on any atom is -0.486 e. The normalized spacial score (nSPS) is 13.0. The van der Waals surface area contributed by atoms with E-state index in [1.54, 1.807) is 19.9 Å². The third kappa shape index (κ3) is 5.31. The molecule has 1 aromatic carbocycles. The highest BCUT2D eigenvalue weighted by Gasteiger charge is 2.21. The Morgan fingerprint density at radius 3 is 2.48 bits per heavy atom. The van der Waals surface area contributed by atoms with Crippen molar-refractivity contribution in [2.45, 2.75) is 27.2 Å². The summed E-state index contributed by atoms with van der Waals surface area (Å²) in [6.45, 7) is 5.36. The van der Waals surface area contributed by atoms with Crippen molar-refractivity contribution in [3.63, 3.8) is 0 Å². The Hall–Kier alpha value is -1.67. The molecule has 7 nitrogen and oxygen atoms in total. The van der Waals surface area contributed by atoms with E-state index in [1.807, 2.05) is 6.92 Å². The summed E-state index contributed by atoms with van der Waals surface area (Å²) in [7, 11) is -3.60. The molecule has 0 aliphatic heterocycles. The van der Waals surface area contributed by atoms with Crippen LogP contribution in [0.2, 0.25) is 0 Å². The van der Waals surface area contributed by atoms with E-state index < -0.39 is 14.9 Å². The number of ether oxygens (including phenoxy) is 1. The quantitative estimate of drug-likeness (QED) is 0.610. The minimum atomic E-state index is -3.60. The number of hydrogen-bond donors (Lipinski definition) is 1. The molecule has 0 aliphatic rings. The van der Waals surface area contributed by atoms with E-state index in [4.69, 9.17) is 9.88 Å². The average Bonchev–Trinajstić information content (AvgIpc) is 2.33. The van der Waals surface area contributed by atoms with Gasteiger partial charge in [0.15, 0.2) is 5.75 Å². The summed E-state index contributed by atoms with van der Waals surface area (Å²) >= 11 is 0. The summed E-state index contributed by atoms with van der Waals surface area (Å²) in [5, 5.41) is 16.1. The van der Waals surface area contributed by atoms with Gasteiger partial charge in [-0.3, -0.25) is 10.1 Å². The van der Waals surface area contributed by atoms with Crippen LogP contribution in [0.1, 0.15) is 24.5 Å². The first-order valence-electron chi connectivity index (χ1n) is 6.53. The number of rotatable bonds is 7. The van der Waals surface area contributed by atoms with E-state index in [0.717, 1.165) is 5.56 Å². The van der Waals surface area contributed by atoms with Crippen molar-refractivity contribution in [1.82, 2.24) is 0 Å². The molecule has 8 heteroatoms. The lowest BCUT2D eigenvalue weighted by Crippen LogP contribution is -2.26. The Morgan fingerprint density at radius 2 is 2.00 bits per heavy atom. The number of hydrogen-bond acceptors (Lipinski definition) is 5. The Kier molecular flexibility index (Phi) is 5.68. The zero-order valence-corrected chi connectivity index (χ0v) is 13.1. The van der Waals surface area contributed by atoms with Gasteiger partial charge in [0.05, 0.1) is 17.3 Å². The molecule has 0 bridgehead atoms. The van der Waals surface area contributed by atoms with Gasteiger partial charge in [0.1, 0.15) is 0 Å². The number of nitrogens with two attached hydrogens (primary N) is 1. The van der Waals surface area contributed by atoms with Crippen LogP contribution >= 0.6 is 0 Å². The van der Waals surface area contributed by atoms with Crippen LogP contribution in [0.15, 0.2) is 12.1 Å². The molecule has 0 aromatic heterocycles. The van der Waals surface area contributed by atoms with E-state index in [2.05, 4.69) is 0 Å². The molecule has 0 aliphatic carbocycles. The van der Waals surface area contributed by atoms with Crippen LogP contribution in [0.5, 0.6) is 5.75 Å². The third-order valence-corrected chi connectivity index (χ3v) is 4.04. The van der Waals surface area contributed by atoms with Gasteiger partial charge in [-0.15, -0.1) is 0 Å². The SMILES string of the molecule is CCC(COc1c(C)cc(C)cc1[N+](=O)[O-])CS(N)(=O)=O. The number of sulfonamides is 1. The van der Waals surface area contributed by atoms with Gasteiger partial charge in [-0.05, 0) is 31.4 Å². The number of nitro benzene ring substituents is 1. The summed E-state index contributed by atoms with van der Waals surface area (Å²) in [6, 6.07) is 3.21. The van der Waals surface area contributed by atoms with Crippen LogP contribution in [-0.2, 0) is 10.0 Å². The largest absolute Gasteiger partial charge is 0.486 e. The molecule has 0 spiro atoms. The second-order valence-electron chi connectivity index (χ2n) is 5.10. The lowest BCUT2D eigenvalue weighted by molar-refractivity contribution is -0.386. The maximum absolute atomic E-state index is 11.1. The van der Waals surface area contributed by atoms with Crippen LogP contribution in [0.25, 0.3) is 0 Å². The molecule has 0 saturated heterocycles. The molecular formula is C13H20N2O5S. The molecule has 118 valence electrons. The summed E-state index contributed by atoms with van der Waals surface area (Å²) in [4.78, 5) is 10.6. The predicted octanol–water partition coefficient (Wildman–Crippen LogP) is 1.91. The number of primary sulfonamides is 1. The molecule has 0 fully saturated rings. The van der Waals surface area contributed by atoms with Crippen molar-refractivity contribution in [2.75, 3.05) is 12.4 Å². The van der Waals surface area contributed by atoms with Crippen LogP contribution in [0.3, 0.4) is 0 Å². The van der Waals surface area contributed by atoms with E-state index in [0.29, 0.717) is 12.0 Å². The highest BCUT2D eigenvalue weighted by Crippen LogP contribution is 2.32.